The van der Waals surface area contributed by atoms with Gasteiger partial charge in [0.2, 0.25) is 5.89 Å². The number of anilines is 1. The number of nitro benzene ring substituents is 1. The van der Waals surface area contributed by atoms with E-state index in [0.29, 0.717) is 11.1 Å². The molecular formula is C21H22N4O5. The van der Waals surface area contributed by atoms with Crippen molar-refractivity contribution in [2.45, 2.75) is 26.9 Å². The summed E-state index contributed by atoms with van der Waals surface area (Å²) in [6, 6.07) is 12.9. The second-order valence-corrected chi connectivity index (χ2v) is 6.52. The molecule has 0 radical (unpaired) electrons. The molecule has 0 amide bonds. The van der Waals surface area contributed by atoms with Crippen molar-refractivity contribution in [1.29, 1.82) is 0 Å². The molecule has 0 aliphatic carbocycles. The molecule has 156 valence electrons. The minimum absolute atomic E-state index is 0.0344. The van der Waals surface area contributed by atoms with Crippen LogP contribution in [0.15, 0.2) is 52.9 Å². The molecule has 1 heterocycles. The molecular weight excluding hydrogens is 388 g/mol. The molecule has 0 fully saturated rings. The summed E-state index contributed by atoms with van der Waals surface area (Å²) >= 11 is 0. The summed E-state index contributed by atoms with van der Waals surface area (Å²) in [6.07, 6.45) is -0.751. The van der Waals surface area contributed by atoms with Gasteiger partial charge in [0.25, 0.3) is 11.6 Å². The quantitative estimate of drug-likeness (QED) is 0.305. The van der Waals surface area contributed by atoms with E-state index in [2.05, 4.69) is 28.9 Å². The van der Waals surface area contributed by atoms with E-state index in [1.165, 1.54) is 24.3 Å². The second kappa shape index (κ2) is 9.17. The topological polar surface area (TPSA) is 112 Å². The fourth-order valence-electron chi connectivity index (χ4n) is 2.92. The van der Waals surface area contributed by atoms with Crippen molar-refractivity contribution < 1.29 is 18.9 Å². The molecule has 0 saturated carbocycles. The highest BCUT2D eigenvalue weighted by molar-refractivity contribution is 5.90. The Balaban J connectivity index is 1.66. The first-order chi connectivity index (χ1) is 14.4. The first kappa shape index (κ1) is 21.0. The van der Waals surface area contributed by atoms with E-state index in [-0.39, 0.29) is 17.5 Å². The summed E-state index contributed by atoms with van der Waals surface area (Å²) in [6.45, 7) is 7.54. The van der Waals surface area contributed by atoms with Gasteiger partial charge < -0.3 is 14.1 Å². The molecule has 0 aliphatic rings. The average Bonchev–Trinajstić information content (AvgIpc) is 3.25. The highest BCUT2D eigenvalue weighted by Gasteiger charge is 2.20. The zero-order chi connectivity index (χ0) is 21.7. The third kappa shape index (κ3) is 4.62. The number of benzene rings is 2. The van der Waals surface area contributed by atoms with Crippen LogP contribution in [-0.2, 0) is 4.74 Å². The van der Waals surface area contributed by atoms with Gasteiger partial charge in [-0.25, -0.2) is 4.79 Å². The highest BCUT2D eigenvalue weighted by Crippen LogP contribution is 2.25. The van der Waals surface area contributed by atoms with Crippen LogP contribution >= 0.6 is 0 Å². The molecule has 0 unspecified atom stereocenters. The standard InChI is InChI=1S/C21H22N4O5/c1-4-24(5-2)17-10-8-16(9-11-17)21(26)29-14(3)19-22-23-20(30-19)15-6-12-18(13-7-15)25(27)28/h6-14H,4-5H2,1-3H3/t14-/m1/s1. The molecule has 3 aromatic rings. The van der Waals surface area contributed by atoms with Crippen LogP contribution in [-0.4, -0.2) is 34.2 Å². The Kier molecular flexibility index (Phi) is 6.41. The highest BCUT2D eigenvalue weighted by atomic mass is 16.6. The van der Waals surface area contributed by atoms with E-state index in [9.17, 15) is 14.9 Å². The molecule has 1 atom stereocenters. The average molecular weight is 410 g/mol. The number of esters is 1. The van der Waals surface area contributed by atoms with Crippen molar-refractivity contribution in [3.8, 4) is 11.5 Å². The van der Waals surface area contributed by atoms with Gasteiger partial charge in [-0.2, -0.15) is 0 Å². The van der Waals surface area contributed by atoms with Gasteiger partial charge in [0.1, 0.15) is 0 Å². The molecule has 0 spiro atoms. The van der Waals surface area contributed by atoms with Gasteiger partial charge in [0, 0.05) is 36.5 Å². The lowest BCUT2D eigenvalue weighted by atomic mass is 10.2. The van der Waals surface area contributed by atoms with Gasteiger partial charge in [-0.05, 0) is 57.2 Å². The van der Waals surface area contributed by atoms with Crippen molar-refractivity contribution in [3.63, 3.8) is 0 Å². The van der Waals surface area contributed by atoms with E-state index < -0.39 is 17.0 Å². The van der Waals surface area contributed by atoms with Crippen LogP contribution in [0.1, 0.15) is 43.1 Å². The second-order valence-electron chi connectivity index (χ2n) is 6.52. The Morgan fingerprint density at radius 2 is 1.73 bits per heavy atom. The first-order valence-electron chi connectivity index (χ1n) is 9.57. The third-order valence-corrected chi connectivity index (χ3v) is 4.63. The molecule has 30 heavy (non-hydrogen) atoms. The van der Waals surface area contributed by atoms with Crippen LogP contribution < -0.4 is 4.90 Å². The van der Waals surface area contributed by atoms with Crippen molar-refractivity contribution in [3.05, 3.63) is 70.1 Å². The zero-order valence-corrected chi connectivity index (χ0v) is 16.9. The lowest BCUT2D eigenvalue weighted by Gasteiger charge is -2.21. The van der Waals surface area contributed by atoms with Crippen LogP contribution in [0.4, 0.5) is 11.4 Å². The molecule has 0 saturated heterocycles. The Labute approximate surface area is 173 Å². The van der Waals surface area contributed by atoms with E-state index in [4.69, 9.17) is 9.15 Å². The summed E-state index contributed by atoms with van der Waals surface area (Å²) in [4.78, 5) is 24.9. The third-order valence-electron chi connectivity index (χ3n) is 4.63. The fraction of sp³-hybridized carbons (Fsp3) is 0.286. The number of hydrogen-bond donors (Lipinski definition) is 0. The fourth-order valence-corrected chi connectivity index (χ4v) is 2.92. The number of carbonyl (C=O) groups is 1. The Bertz CT molecular complexity index is 1010. The molecule has 9 nitrogen and oxygen atoms in total. The molecule has 0 aliphatic heterocycles. The molecule has 0 N–H and O–H groups in total. The molecule has 0 bridgehead atoms. The minimum Gasteiger partial charge on any atom is -0.449 e. The lowest BCUT2D eigenvalue weighted by Crippen LogP contribution is -2.21. The summed E-state index contributed by atoms with van der Waals surface area (Å²) in [7, 11) is 0. The number of nitro groups is 1. The largest absolute Gasteiger partial charge is 0.449 e. The first-order valence-corrected chi connectivity index (χ1v) is 9.57. The lowest BCUT2D eigenvalue weighted by molar-refractivity contribution is -0.384. The van der Waals surface area contributed by atoms with Gasteiger partial charge in [-0.15, -0.1) is 10.2 Å². The monoisotopic (exact) mass is 410 g/mol. The molecule has 3 rings (SSSR count). The van der Waals surface area contributed by atoms with Crippen molar-refractivity contribution in [1.82, 2.24) is 10.2 Å². The van der Waals surface area contributed by atoms with Gasteiger partial charge in [-0.1, -0.05) is 0 Å². The minimum atomic E-state index is -0.751. The maximum atomic E-state index is 12.4. The number of rotatable bonds is 8. The Morgan fingerprint density at radius 3 is 2.30 bits per heavy atom. The summed E-state index contributed by atoms with van der Waals surface area (Å²) in [5, 5.41) is 18.6. The van der Waals surface area contributed by atoms with Gasteiger partial charge >= 0.3 is 5.97 Å². The van der Waals surface area contributed by atoms with Gasteiger partial charge in [0.05, 0.1) is 10.5 Å². The predicted octanol–water partition coefficient (Wildman–Crippen LogP) is 4.41. The van der Waals surface area contributed by atoms with Crippen molar-refractivity contribution >= 4 is 17.3 Å². The van der Waals surface area contributed by atoms with Crippen molar-refractivity contribution in [2.24, 2.45) is 0 Å². The summed E-state index contributed by atoms with van der Waals surface area (Å²) < 4.78 is 11.0. The maximum absolute atomic E-state index is 12.4. The Hall–Kier alpha value is -3.75. The van der Waals surface area contributed by atoms with Crippen LogP contribution in [0.5, 0.6) is 0 Å². The molecule has 9 heteroatoms. The SMILES string of the molecule is CCN(CC)c1ccc(C(=O)O[C@H](C)c2nnc(-c3ccc([N+](=O)[O-])cc3)o2)cc1. The van der Waals surface area contributed by atoms with Crippen LogP contribution in [0.25, 0.3) is 11.5 Å². The summed E-state index contributed by atoms with van der Waals surface area (Å²) in [5.41, 5.74) is 1.96. The maximum Gasteiger partial charge on any atom is 0.338 e. The Morgan fingerprint density at radius 1 is 1.10 bits per heavy atom. The van der Waals surface area contributed by atoms with Crippen molar-refractivity contribution in [2.75, 3.05) is 18.0 Å². The van der Waals surface area contributed by atoms with E-state index in [0.717, 1.165) is 18.8 Å². The number of nitrogens with zero attached hydrogens (tertiary/aromatic N) is 4. The molecule has 1 aromatic heterocycles. The number of ether oxygens (including phenoxy) is 1. The number of aromatic nitrogens is 2. The van der Waals surface area contributed by atoms with Gasteiger partial charge in [-0.3, -0.25) is 10.1 Å². The number of non-ortho nitro benzene ring substituents is 1. The summed E-state index contributed by atoms with van der Waals surface area (Å²) in [5.74, 6) is -0.175. The van der Waals surface area contributed by atoms with E-state index in [1.807, 2.05) is 12.1 Å². The van der Waals surface area contributed by atoms with Crippen LogP contribution in [0, 0.1) is 10.1 Å². The van der Waals surface area contributed by atoms with E-state index in [1.54, 1.807) is 19.1 Å². The smallest absolute Gasteiger partial charge is 0.338 e. The van der Waals surface area contributed by atoms with Crippen LogP contribution in [0.3, 0.4) is 0 Å². The molecule has 2 aromatic carbocycles. The number of hydrogen-bond acceptors (Lipinski definition) is 8. The predicted molar refractivity (Wildman–Crippen MR) is 110 cm³/mol. The van der Waals surface area contributed by atoms with E-state index >= 15 is 0 Å². The van der Waals surface area contributed by atoms with Gasteiger partial charge in [0.15, 0.2) is 6.10 Å². The normalized spacial score (nSPS) is 11.7. The number of carbonyl (C=O) groups excluding carboxylic acids is 1. The zero-order valence-electron chi connectivity index (χ0n) is 16.9. The van der Waals surface area contributed by atoms with Crippen LogP contribution in [0.2, 0.25) is 0 Å².